The Kier molecular flexibility index (Phi) is 51.0. The highest BCUT2D eigenvalue weighted by molar-refractivity contribution is 5.72. The minimum absolute atomic E-state index is 0.0180. The third kappa shape index (κ3) is 43.4. The van der Waals surface area contributed by atoms with Crippen molar-refractivity contribution in [3.63, 3.8) is 0 Å². The van der Waals surface area contributed by atoms with E-state index in [4.69, 9.17) is 18.9 Å². The van der Waals surface area contributed by atoms with E-state index in [1.54, 1.807) is 0 Å². The number of carbonyl (C=O) groups is 3. The zero-order valence-corrected chi connectivity index (χ0v) is 47.2. The molecule has 0 aliphatic carbocycles. The molecule has 69 heavy (non-hydrogen) atoms. The van der Waals surface area contributed by atoms with E-state index < -0.39 is 6.16 Å². The van der Waals surface area contributed by atoms with Crippen molar-refractivity contribution in [1.82, 2.24) is 9.80 Å². The summed E-state index contributed by atoms with van der Waals surface area (Å²) in [5.41, 5.74) is 0. The maximum atomic E-state index is 13.2. The summed E-state index contributed by atoms with van der Waals surface area (Å²) in [4.78, 5) is 44.2. The van der Waals surface area contributed by atoms with Crippen molar-refractivity contribution in [2.75, 3.05) is 59.1 Å². The fourth-order valence-electron chi connectivity index (χ4n) is 9.62. The van der Waals surface area contributed by atoms with Crippen LogP contribution in [0.2, 0.25) is 0 Å². The number of unbranched alkanes of at least 4 members (excludes halogenated alkanes) is 26. The molecule has 0 aromatic carbocycles. The summed E-state index contributed by atoms with van der Waals surface area (Å²) >= 11 is 0. The third-order valence-electron chi connectivity index (χ3n) is 14.6. The van der Waals surface area contributed by atoms with Gasteiger partial charge in [-0.3, -0.25) is 14.5 Å². The Balaban J connectivity index is 5.05. The average molecular weight is 980 g/mol. The highest BCUT2D eigenvalue weighted by Gasteiger charge is 2.21. The molecule has 0 saturated heterocycles. The Bertz CT molecular complexity index is 1010. The first-order valence-corrected chi connectivity index (χ1v) is 30.4. The van der Waals surface area contributed by atoms with Crippen molar-refractivity contribution in [2.24, 2.45) is 11.8 Å². The van der Waals surface area contributed by atoms with Gasteiger partial charge in [-0.15, -0.1) is 0 Å². The van der Waals surface area contributed by atoms with E-state index in [1.807, 2.05) is 0 Å². The van der Waals surface area contributed by atoms with Gasteiger partial charge in [0.05, 0.1) is 25.0 Å². The van der Waals surface area contributed by atoms with Crippen LogP contribution in [0.3, 0.4) is 0 Å². The van der Waals surface area contributed by atoms with Crippen molar-refractivity contribution in [2.45, 2.75) is 299 Å². The van der Waals surface area contributed by atoms with Gasteiger partial charge in [0.15, 0.2) is 0 Å². The monoisotopic (exact) mass is 979 g/mol. The maximum Gasteiger partial charge on any atom is 0.508 e. The zero-order valence-electron chi connectivity index (χ0n) is 47.2. The van der Waals surface area contributed by atoms with E-state index in [9.17, 15) is 14.4 Å². The van der Waals surface area contributed by atoms with Crippen LogP contribution in [0.5, 0.6) is 0 Å². The van der Waals surface area contributed by atoms with Crippen LogP contribution < -0.4 is 0 Å². The molecule has 0 radical (unpaired) electrons. The maximum absolute atomic E-state index is 13.2. The Morgan fingerprint density at radius 2 is 0.623 bits per heavy atom. The number of hydrogen-bond donors (Lipinski definition) is 0. The van der Waals surface area contributed by atoms with Crippen molar-refractivity contribution < 1.29 is 33.3 Å². The average Bonchev–Trinajstić information content (AvgIpc) is 3.35. The van der Waals surface area contributed by atoms with Gasteiger partial charge in [-0.05, 0) is 83.8 Å². The normalized spacial score (nSPS) is 11.8. The van der Waals surface area contributed by atoms with Crippen LogP contribution in [0.25, 0.3) is 0 Å². The van der Waals surface area contributed by atoms with Crippen molar-refractivity contribution in [1.29, 1.82) is 0 Å². The van der Waals surface area contributed by atoms with Gasteiger partial charge < -0.3 is 23.8 Å². The second-order valence-electron chi connectivity index (χ2n) is 20.7. The number of rotatable bonds is 54. The summed E-state index contributed by atoms with van der Waals surface area (Å²) in [5.74, 6) is 0.118. The highest BCUT2D eigenvalue weighted by atomic mass is 16.7. The first-order valence-electron chi connectivity index (χ1n) is 30.4. The first-order chi connectivity index (χ1) is 33.8. The van der Waals surface area contributed by atoms with Gasteiger partial charge >= 0.3 is 18.1 Å². The molecule has 9 nitrogen and oxygen atoms in total. The molecular weight excluding hydrogens is 861 g/mol. The van der Waals surface area contributed by atoms with Crippen LogP contribution in [0.1, 0.15) is 292 Å². The van der Waals surface area contributed by atoms with Gasteiger partial charge in [-0.1, -0.05) is 228 Å². The van der Waals surface area contributed by atoms with Gasteiger partial charge in [0.1, 0.15) is 12.7 Å². The molecule has 0 bridgehead atoms. The first kappa shape index (κ1) is 67.1. The summed E-state index contributed by atoms with van der Waals surface area (Å²) in [7, 11) is 0. The Morgan fingerprint density at radius 1 is 0.319 bits per heavy atom. The largest absolute Gasteiger partial charge is 0.508 e. The Hall–Kier alpha value is -1.87. The molecule has 0 aliphatic heterocycles. The number of likely N-dealkylation sites (N-methyl/N-ethyl adjacent to an activating group) is 2. The minimum Gasteiger partial charge on any atom is -0.465 e. The predicted molar refractivity (Wildman–Crippen MR) is 293 cm³/mol. The highest BCUT2D eigenvalue weighted by Crippen LogP contribution is 2.23. The van der Waals surface area contributed by atoms with E-state index in [0.29, 0.717) is 26.4 Å². The lowest BCUT2D eigenvalue weighted by atomic mass is 9.94. The quantitative estimate of drug-likeness (QED) is 0.0335. The minimum atomic E-state index is -0.563. The molecule has 0 heterocycles. The lowest BCUT2D eigenvalue weighted by Crippen LogP contribution is -2.37. The molecule has 0 amide bonds. The molecule has 0 N–H and O–H groups in total. The number of carbonyl (C=O) groups excluding carboxylic acids is 3. The molecule has 0 aromatic heterocycles. The van der Waals surface area contributed by atoms with Gasteiger partial charge in [0, 0.05) is 19.6 Å². The summed E-state index contributed by atoms with van der Waals surface area (Å²) in [5, 5.41) is 0. The summed E-state index contributed by atoms with van der Waals surface area (Å²) in [6, 6.07) is 0. The zero-order chi connectivity index (χ0) is 50.7. The van der Waals surface area contributed by atoms with E-state index in [-0.39, 0.29) is 29.9 Å². The lowest BCUT2D eigenvalue weighted by molar-refractivity contribution is -0.150. The predicted octanol–water partition coefficient (Wildman–Crippen LogP) is 17.4. The van der Waals surface area contributed by atoms with Crippen LogP contribution in [-0.4, -0.2) is 93.1 Å². The molecular formula is C60H118N2O7. The molecule has 0 saturated carbocycles. The van der Waals surface area contributed by atoms with Crippen molar-refractivity contribution in [3.05, 3.63) is 0 Å². The van der Waals surface area contributed by atoms with E-state index in [0.717, 1.165) is 148 Å². The van der Waals surface area contributed by atoms with Crippen LogP contribution in [0, 0.1) is 11.8 Å². The topological polar surface area (TPSA) is 94.6 Å². The third-order valence-corrected chi connectivity index (χ3v) is 14.6. The second-order valence-corrected chi connectivity index (χ2v) is 20.7. The van der Waals surface area contributed by atoms with Crippen LogP contribution in [-0.2, 0) is 28.5 Å². The summed E-state index contributed by atoms with van der Waals surface area (Å²) < 4.78 is 23.4. The van der Waals surface area contributed by atoms with Gasteiger partial charge in [-0.2, -0.15) is 0 Å². The van der Waals surface area contributed by atoms with Gasteiger partial charge in [0.25, 0.3) is 0 Å². The second kappa shape index (κ2) is 52.5. The van der Waals surface area contributed by atoms with E-state index in [1.165, 1.54) is 128 Å². The van der Waals surface area contributed by atoms with Gasteiger partial charge in [-0.25, -0.2) is 4.79 Å². The Labute approximate surface area is 429 Å². The number of nitrogens with zero attached hydrogens (tertiary/aromatic N) is 2. The smallest absolute Gasteiger partial charge is 0.465 e. The number of hydrogen-bond acceptors (Lipinski definition) is 9. The SMILES string of the molecule is CCCCCCCCC(CCCCCCCC)C(=O)OCCCCCCC(CCCCCCOC(=O)C(CCCCCCCC)CCCCCCCC)OC(=O)OCCN(CC)CCN(CC)CC. The van der Waals surface area contributed by atoms with Crippen molar-refractivity contribution in [3.8, 4) is 0 Å². The Morgan fingerprint density at radius 3 is 0.971 bits per heavy atom. The number of ether oxygens (including phenoxy) is 4. The van der Waals surface area contributed by atoms with E-state index in [2.05, 4.69) is 58.3 Å². The summed E-state index contributed by atoms with van der Waals surface area (Å²) in [6.45, 7) is 22.5. The van der Waals surface area contributed by atoms with Gasteiger partial charge in [0.2, 0.25) is 0 Å². The molecule has 9 heteroatoms. The molecule has 0 unspecified atom stereocenters. The van der Waals surface area contributed by atoms with Crippen molar-refractivity contribution >= 4 is 18.1 Å². The molecule has 0 aliphatic rings. The summed E-state index contributed by atoms with van der Waals surface area (Å²) in [6.07, 6.45) is 42.2. The molecule has 0 fully saturated rings. The fourth-order valence-corrected chi connectivity index (χ4v) is 9.62. The molecule has 0 atom stereocenters. The molecule has 0 spiro atoms. The standard InChI is InChI=1S/C60H118N2O7/c1-8-15-19-23-27-35-43-55(44-36-28-24-20-16-9-2)58(63)66-52-41-33-31-39-47-57(69-60(65)68-54-51-62(14-7)50-49-61(12-5)13-6)48-40-32-34-42-53-67-59(64)56(45-37-29-25-21-17-10-3)46-38-30-26-22-18-11-4/h55-57H,8-54H2,1-7H3. The molecule has 0 rings (SSSR count). The van der Waals surface area contributed by atoms with Crippen LogP contribution >= 0.6 is 0 Å². The lowest BCUT2D eigenvalue weighted by Gasteiger charge is -2.25. The number of esters is 2. The van der Waals surface area contributed by atoms with E-state index >= 15 is 0 Å². The van der Waals surface area contributed by atoms with Crippen LogP contribution in [0.15, 0.2) is 0 Å². The molecule has 0 aromatic rings. The van der Waals surface area contributed by atoms with Crippen LogP contribution in [0.4, 0.5) is 4.79 Å². The molecule has 410 valence electrons. The fraction of sp³-hybridized carbons (Fsp3) is 0.950.